The van der Waals surface area contributed by atoms with Gasteiger partial charge in [-0.3, -0.25) is 9.59 Å². The lowest BCUT2D eigenvalue weighted by Crippen LogP contribution is -2.59. The maximum Gasteiger partial charge on any atom is 0.254 e. The summed E-state index contributed by atoms with van der Waals surface area (Å²) in [7, 11) is 0. The summed E-state index contributed by atoms with van der Waals surface area (Å²) in [4.78, 5) is 37.1. The van der Waals surface area contributed by atoms with Crippen LogP contribution in [0.2, 0.25) is 0 Å². The van der Waals surface area contributed by atoms with Crippen molar-refractivity contribution in [3.8, 4) is 0 Å². The highest BCUT2D eigenvalue weighted by atomic mass is 19.1. The van der Waals surface area contributed by atoms with Crippen LogP contribution in [-0.4, -0.2) is 51.2 Å². The van der Waals surface area contributed by atoms with Crippen LogP contribution >= 0.6 is 0 Å². The van der Waals surface area contributed by atoms with E-state index in [4.69, 9.17) is 0 Å². The Kier molecular flexibility index (Phi) is 4.18. The topological polar surface area (TPSA) is 69.3 Å². The van der Waals surface area contributed by atoms with Crippen LogP contribution < -0.4 is 0 Å². The number of aromatic nitrogens is 2. The van der Waals surface area contributed by atoms with Crippen LogP contribution in [0.4, 0.5) is 8.78 Å². The fraction of sp³-hybridized carbons (Fsp3) is 0.476. The Bertz CT molecular complexity index is 957. The first-order chi connectivity index (χ1) is 14.0. The van der Waals surface area contributed by atoms with E-state index in [1.807, 2.05) is 4.90 Å². The van der Waals surface area contributed by atoms with Gasteiger partial charge in [0.25, 0.3) is 5.91 Å². The first-order valence-corrected chi connectivity index (χ1v) is 10.1. The van der Waals surface area contributed by atoms with E-state index in [9.17, 15) is 18.4 Å². The average molecular weight is 400 g/mol. The Morgan fingerprint density at radius 3 is 2.41 bits per heavy atom. The largest absolute Gasteiger partial charge is 0.348 e. The van der Waals surface area contributed by atoms with Gasteiger partial charge in [-0.1, -0.05) is 0 Å². The molecule has 29 heavy (non-hydrogen) atoms. The molecule has 6 nitrogen and oxygen atoms in total. The first kappa shape index (κ1) is 18.3. The summed E-state index contributed by atoms with van der Waals surface area (Å²) in [5.74, 6) is -1.63. The molecule has 2 aromatic rings. The lowest BCUT2D eigenvalue weighted by atomic mass is 9.78. The lowest BCUT2D eigenvalue weighted by Gasteiger charge is -2.50. The van der Waals surface area contributed by atoms with Crippen molar-refractivity contribution in [1.29, 1.82) is 0 Å². The Morgan fingerprint density at radius 1 is 1.07 bits per heavy atom. The molecule has 1 saturated heterocycles. The van der Waals surface area contributed by atoms with Crippen LogP contribution in [0.25, 0.3) is 0 Å². The van der Waals surface area contributed by atoms with Gasteiger partial charge in [-0.25, -0.2) is 13.8 Å². The molecule has 1 aliphatic carbocycles. The number of aromatic amines is 1. The van der Waals surface area contributed by atoms with Gasteiger partial charge in [-0.2, -0.15) is 0 Å². The number of nitrogens with zero attached hydrogens (tertiary/aromatic N) is 3. The zero-order valence-electron chi connectivity index (χ0n) is 16.0. The van der Waals surface area contributed by atoms with Crippen molar-refractivity contribution in [3.63, 3.8) is 0 Å². The van der Waals surface area contributed by atoms with E-state index in [2.05, 4.69) is 9.97 Å². The predicted molar refractivity (Wildman–Crippen MR) is 99.9 cm³/mol. The van der Waals surface area contributed by atoms with E-state index >= 15 is 0 Å². The second-order valence-electron chi connectivity index (χ2n) is 8.23. The number of nitrogens with one attached hydrogen (secondary N) is 1. The molecule has 1 aromatic carbocycles. The Hall–Kier alpha value is -2.77. The minimum Gasteiger partial charge on any atom is -0.348 e. The van der Waals surface area contributed by atoms with Crippen molar-refractivity contribution >= 4 is 11.8 Å². The van der Waals surface area contributed by atoms with Gasteiger partial charge >= 0.3 is 0 Å². The number of hydrogen-bond donors (Lipinski definition) is 1. The second kappa shape index (κ2) is 6.64. The van der Waals surface area contributed by atoms with Crippen LogP contribution in [-0.2, 0) is 16.8 Å². The van der Waals surface area contributed by atoms with Crippen molar-refractivity contribution in [2.75, 3.05) is 19.6 Å². The van der Waals surface area contributed by atoms with Gasteiger partial charge in [-0.05, 0) is 37.8 Å². The minimum absolute atomic E-state index is 0.00784. The number of imidazole rings is 1. The number of amides is 2. The first-order valence-electron chi connectivity index (χ1n) is 10.1. The summed E-state index contributed by atoms with van der Waals surface area (Å²) in [6, 6.07) is 2.88. The summed E-state index contributed by atoms with van der Waals surface area (Å²) in [6.45, 7) is 1.45. The molecule has 0 bridgehead atoms. The van der Waals surface area contributed by atoms with Crippen molar-refractivity contribution in [2.24, 2.45) is 5.92 Å². The molecule has 3 aliphatic rings. The molecule has 8 heteroatoms. The van der Waals surface area contributed by atoms with Crippen LogP contribution in [0.15, 0.2) is 24.5 Å². The van der Waals surface area contributed by atoms with E-state index in [1.165, 1.54) is 0 Å². The number of carbonyl (C=O) groups excluding carboxylic acids is 2. The number of rotatable bonds is 2. The highest BCUT2D eigenvalue weighted by Crippen LogP contribution is 2.45. The Balaban J connectivity index is 1.41. The van der Waals surface area contributed by atoms with E-state index < -0.39 is 23.1 Å². The van der Waals surface area contributed by atoms with Crippen molar-refractivity contribution in [3.05, 3.63) is 53.1 Å². The van der Waals surface area contributed by atoms with Gasteiger partial charge in [0, 0.05) is 49.3 Å². The molecule has 1 spiro atoms. The molecule has 5 rings (SSSR count). The smallest absolute Gasteiger partial charge is 0.254 e. The number of fused-ring (bicyclic) bond motifs is 2. The number of hydrogen-bond acceptors (Lipinski definition) is 3. The molecular formula is C21H22F2N4O2. The molecule has 2 fully saturated rings. The van der Waals surface area contributed by atoms with Crippen molar-refractivity contribution in [2.45, 2.75) is 37.6 Å². The highest BCUT2D eigenvalue weighted by Gasteiger charge is 2.51. The third-order valence-corrected chi connectivity index (χ3v) is 6.44. The third kappa shape index (κ3) is 3.01. The normalized spacial score (nSPS) is 20.6. The number of carbonyl (C=O) groups is 2. The van der Waals surface area contributed by atoms with E-state index in [1.54, 1.807) is 11.2 Å². The molecule has 1 saturated carbocycles. The monoisotopic (exact) mass is 400 g/mol. The van der Waals surface area contributed by atoms with Gasteiger partial charge in [0.15, 0.2) is 0 Å². The highest BCUT2D eigenvalue weighted by molar-refractivity contribution is 5.94. The maximum atomic E-state index is 13.5. The zero-order chi connectivity index (χ0) is 20.2. The molecule has 0 unspecified atom stereocenters. The number of halogens is 2. The Labute approximate surface area is 166 Å². The third-order valence-electron chi connectivity index (χ3n) is 6.44. The SMILES string of the molecule is O=C(c1cc(F)cc(F)c1)N1CCC2(CC1)c1nc[nH]c1CCN2C(=O)C1CC1. The summed E-state index contributed by atoms with van der Waals surface area (Å²) in [5.41, 5.74) is 1.45. The van der Waals surface area contributed by atoms with Crippen LogP contribution in [0, 0.1) is 17.6 Å². The number of piperidine rings is 1. The van der Waals surface area contributed by atoms with Gasteiger partial charge in [0.2, 0.25) is 5.91 Å². The van der Waals surface area contributed by atoms with E-state index in [0.717, 1.165) is 48.8 Å². The molecule has 0 radical (unpaired) electrons. The molecule has 3 heterocycles. The van der Waals surface area contributed by atoms with Gasteiger partial charge < -0.3 is 14.8 Å². The molecular weight excluding hydrogens is 378 g/mol. The zero-order valence-corrected chi connectivity index (χ0v) is 16.0. The van der Waals surface area contributed by atoms with Gasteiger partial charge in [0.1, 0.15) is 11.6 Å². The molecule has 1 N–H and O–H groups in total. The molecule has 2 aliphatic heterocycles. The molecule has 0 atom stereocenters. The van der Waals surface area contributed by atoms with Crippen LogP contribution in [0.5, 0.6) is 0 Å². The molecule has 1 aromatic heterocycles. The van der Waals surface area contributed by atoms with Crippen LogP contribution in [0.3, 0.4) is 0 Å². The van der Waals surface area contributed by atoms with Gasteiger partial charge in [0.05, 0.1) is 17.6 Å². The number of likely N-dealkylation sites (tertiary alicyclic amines) is 1. The summed E-state index contributed by atoms with van der Waals surface area (Å²) in [6.07, 6.45) is 5.42. The summed E-state index contributed by atoms with van der Waals surface area (Å²) in [5, 5.41) is 0. The van der Waals surface area contributed by atoms with Crippen LogP contribution in [0.1, 0.15) is 47.4 Å². The fourth-order valence-corrected chi connectivity index (χ4v) is 4.80. The molecule has 152 valence electrons. The van der Waals surface area contributed by atoms with Crippen molar-refractivity contribution in [1.82, 2.24) is 19.8 Å². The average Bonchev–Trinajstić information content (AvgIpc) is 3.44. The number of H-pyrrole nitrogens is 1. The quantitative estimate of drug-likeness (QED) is 0.843. The standard InChI is InChI=1S/C21H22F2N4O2/c22-15-9-14(10-16(23)11-15)19(28)26-7-4-21(5-8-26)18-17(24-12-25-18)3-6-27(21)20(29)13-1-2-13/h9-13H,1-8H2,(H,24,25). The number of benzene rings is 1. The fourth-order valence-electron chi connectivity index (χ4n) is 4.80. The summed E-state index contributed by atoms with van der Waals surface area (Å²) < 4.78 is 27.1. The predicted octanol–water partition coefficient (Wildman–Crippen LogP) is 2.61. The molecule has 2 amide bonds. The second-order valence-corrected chi connectivity index (χ2v) is 8.23. The lowest BCUT2D eigenvalue weighted by molar-refractivity contribution is -0.143. The van der Waals surface area contributed by atoms with Crippen molar-refractivity contribution < 1.29 is 18.4 Å². The maximum absolute atomic E-state index is 13.5. The van der Waals surface area contributed by atoms with Gasteiger partial charge in [-0.15, -0.1) is 0 Å². The van der Waals surface area contributed by atoms with E-state index in [0.29, 0.717) is 32.5 Å². The summed E-state index contributed by atoms with van der Waals surface area (Å²) >= 11 is 0. The van der Waals surface area contributed by atoms with E-state index in [-0.39, 0.29) is 17.4 Å². The minimum atomic E-state index is -0.767. The Morgan fingerprint density at radius 2 is 1.76 bits per heavy atom.